The van der Waals surface area contributed by atoms with E-state index < -0.39 is 12.1 Å². The smallest absolute Gasteiger partial charge is 0.331 e. The van der Waals surface area contributed by atoms with Gasteiger partial charge in [-0.2, -0.15) is 0 Å². The Morgan fingerprint density at radius 2 is 2.35 bits per heavy atom. The third-order valence-corrected chi connectivity index (χ3v) is 2.68. The monoisotopic (exact) mass is 234 g/mol. The summed E-state index contributed by atoms with van der Waals surface area (Å²) < 4.78 is 10.1. The fourth-order valence-electron chi connectivity index (χ4n) is 1.79. The number of esters is 1. The van der Waals surface area contributed by atoms with Crippen molar-refractivity contribution in [3.63, 3.8) is 0 Å². The average molecular weight is 234 g/mol. The molecular weight excluding hydrogens is 220 g/mol. The van der Waals surface area contributed by atoms with Crippen molar-refractivity contribution in [2.24, 2.45) is 0 Å². The van der Waals surface area contributed by atoms with E-state index in [9.17, 15) is 9.59 Å². The molecule has 0 N–H and O–H groups in total. The minimum absolute atomic E-state index is 0.0241. The van der Waals surface area contributed by atoms with Gasteiger partial charge in [0.15, 0.2) is 11.9 Å². The van der Waals surface area contributed by atoms with Gasteiger partial charge in [0, 0.05) is 12.5 Å². The summed E-state index contributed by atoms with van der Waals surface area (Å²) in [4.78, 5) is 22.9. The molecule has 1 aliphatic rings. The molecule has 0 radical (unpaired) electrons. The summed E-state index contributed by atoms with van der Waals surface area (Å²) in [5.41, 5.74) is 0. The Morgan fingerprint density at radius 1 is 1.47 bits per heavy atom. The van der Waals surface area contributed by atoms with Gasteiger partial charge in [0.1, 0.15) is 5.76 Å². The second-order valence-corrected chi connectivity index (χ2v) is 3.99. The van der Waals surface area contributed by atoms with Crippen molar-refractivity contribution in [1.29, 1.82) is 0 Å². The maximum absolute atomic E-state index is 11.4. The summed E-state index contributed by atoms with van der Waals surface area (Å²) in [7, 11) is 0. The number of carbonyl (C=O) groups is 2. The molecule has 4 nitrogen and oxygen atoms in total. The van der Waals surface area contributed by atoms with Crippen LogP contribution in [0.5, 0.6) is 0 Å². The van der Waals surface area contributed by atoms with Gasteiger partial charge in [-0.25, -0.2) is 4.79 Å². The third kappa shape index (κ3) is 3.31. The molecule has 0 spiro atoms. The van der Waals surface area contributed by atoms with E-state index in [1.54, 1.807) is 12.1 Å². The molecule has 0 aliphatic heterocycles. The zero-order valence-electron chi connectivity index (χ0n) is 9.43. The lowest BCUT2D eigenvalue weighted by Gasteiger charge is -2.19. The number of carbonyl (C=O) groups excluding carboxylic acids is 2. The highest BCUT2D eigenvalue weighted by molar-refractivity contribution is 5.91. The molecule has 90 valence electrons. The molecule has 2 rings (SSSR count). The molecule has 1 aromatic rings. The number of hydrogen-bond donors (Lipinski definition) is 0. The molecule has 1 heterocycles. The molecule has 0 saturated heterocycles. The Labute approximate surface area is 99.3 Å². The predicted octanol–water partition coefficient (Wildman–Crippen LogP) is 2.35. The van der Waals surface area contributed by atoms with Crippen molar-refractivity contribution in [2.75, 3.05) is 0 Å². The summed E-state index contributed by atoms with van der Waals surface area (Å²) in [6.07, 6.45) is 6.75. The van der Waals surface area contributed by atoms with Crippen LogP contribution in [0.15, 0.2) is 28.9 Å². The molecule has 0 bridgehead atoms. The Morgan fingerprint density at radius 3 is 3.06 bits per heavy atom. The largest absolute Gasteiger partial charge is 0.465 e. The highest BCUT2D eigenvalue weighted by Gasteiger charge is 2.24. The maximum atomic E-state index is 11.4. The van der Waals surface area contributed by atoms with Crippen LogP contribution in [-0.2, 0) is 14.3 Å². The van der Waals surface area contributed by atoms with Crippen molar-refractivity contribution >= 4 is 17.8 Å². The zero-order valence-corrected chi connectivity index (χ0v) is 9.43. The summed E-state index contributed by atoms with van der Waals surface area (Å²) in [5, 5.41) is 0. The van der Waals surface area contributed by atoms with E-state index in [0.717, 1.165) is 12.8 Å². The van der Waals surface area contributed by atoms with Crippen LogP contribution >= 0.6 is 0 Å². The van der Waals surface area contributed by atoms with Crippen LogP contribution in [0.1, 0.15) is 31.4 Å². The minimum Gasteiger partial charge on any atom is -0.465 e. The number of furan rings is 1. The van der Waals surface area contributed by atoms with Crippen molar-refractivity contribution in [3.8, 4) is 0 Å². The maximum Gasteiger partial charge on any atom is 0.331 e. The second-order valence-electron chi connectivity index (χ2n) is 3.99. The lowest BCUT2D eigenvalue weighted by Crippen LogP contribution is -2.29. The molecule has 1 fully saturated rings. The van der Waals surface area contributed by atoms with Crippen LogP contribution in [0.25, 0.3) is 6.08 Å². The van der Waals surface area contributed by atoms with Gasteiger partial charge in [-0.05, 0) is 37.5 Å². The van der Waals surface area contributed by atoms with Gasteiger partial charge in [-0.15, -0.1) is 0 Å². The lowest BCUT2D eigenvalue weighted by molar-refractivity contribution is -0.152. The van der Waals surface area contributed by atoms with E-state index in [1.807, 2.05) is 0 Å². The molecule has 0 amide bonds. The Balaban J connectivity index is 1.86. The molecular formula is C13H14O4. The quantitative estimate of drug-likeness (QED) is 0.595. The van der Waals surface area contributed by atoms with Gasteiger partial charge >= 0.3 is 5.97 Å². The van der Waals surface area contributed by atoms with Crippen LogP contribution in [0.3, 0.4) is 0 Å². The van der Waals surface area contributed by atoms with Crippen molar-refractivity contribution in [1.82, 2.24) is 0 Å². The lowest BCUT2D eigenvalue weighted by atomic mass is 9.96. The molecule has 0 aromatic carbocycles. The summed E-state index contributed by atoms with van der Waals surface area (Å²) in [5.74, 6) is 0.106. The number of ether oxygens (including phenoxy) is 1. The molecule has 4 heteroatoms. The normalized spacial score (nSPS) is 20.7. The van der Waals surface area contributed by atoms with Gasteiger partial charge in [0.25, 0.3) is 0 Å². The van der Waals surface area contributed by atoms with Crippen LogP contribution in [0, 0.1) is 0 Å². The SMILES string of the molecule is O=C(/C=C/c1ccco1)O[C@@H]1CCCCC1=O. The Kier molecular flexibility index (Phi) is 3.75. The summed E-state index contributed by atoms with van der Waals surface area (Å²) >= 11 is 0. The molecule has 1 saturated carbocycles. The Bertz CT molecular complexity index is 417. The van der Waals surface area contributed by atoms with Gasteiger partial charge in [0.2, 0.25) is 0 Å². The van der Waals surface area contributed by atoms with E-state index in [1.165, 1.54) is 18.4 Å². The van der Waals surface area contributed by atoms with Gasteiger partial charge in [-0.1, -0.05) is 0 Å². The first-order chi connectivity index (χ1) is 8.25. The number of ketones is 1. The van der Waals surface area contributed by atoms with Crippen molar-refractivity contribution in [3.05, 3.63) is 30.2 Å². The van der Waals surface area contributed by atoms with E-state index >= 15 is 0 Å². The van der Waals surface area contributed by atoms with E-state index in [4.69, 9.17) is 9.15 Å². The van der Waals surface area contributed by atoms with E-state index in [0.29, 0.717) is 18.6 Å². The van der Waals surface area contributed by atoms with Gasteiger partial charge < -0.3 is 9.15 Å². The molecule has 0 unspecified atom stereocenters. The summed E-state index contributed by atoms with van der Waals surface area (Å²) in [6.45, 7) is 0. The standard InChI is InChI=1S/C13H14O4/c14-11-5-1-2-6-12(11)17-13(15)8-7-10-4-3-9-16-10/h3-4,7-9,12H,1-2,5-6H2/b8-7+/t12-/m1/s1. The fraction of sp³-hybridized carbons (Fsp3) is 0.385. The zero-order chi connectivity index (χ0) is 12.1. The van der Waals surface area contributed by atoms with E-state index in [-0.39, 0.29) is 5.78 Å². The van der Waals surface area contributed by atoms with Gasteiger partial charge in [-0.3, -0.25) is 4.79 Å². The molecule has 17 heavy (non-hydrogen) atoms. The topological polar surface area (TPSA) is 56.5 Å². The van der Waals surface area contributed by atoms with Crippen molar-refractivity contribution in [2.45, 2.75) is 31.8 Å². The Hall–Kier alpha value is -1.84. The first-order valence-corrected chi connectivity index (χ1v) is 5.70. The number of hydrogen-bond acceptors (Lipinski definition) is 4. The molecule has 1 aromatic heterocycles. The average Bonchev–Trinajstić information content (AvgIpc) is 2.82. The minimum atomic E-state index is -0.558. The highest BCUT2D eigenvalue weighted by Crippen LogP contribution is 2.17. The van der Waals surface area contributed by atoms with Crippen molar-refractivity contribution < 1.29 is 18.7 Å². The van der Waals surface area contributed by atoms with Crippen LogP contribution < -0.4 is 0 Å². The van der Waals surface area contributed by atoms with E-state index in [2.05, 4.69) is 0 Å². The van der Waals surface area contributed by atoms with Crippen LogP contribution in [-0.4, -0.2) is 17.9 Å². The van der Waals surface area contributed by atoms with Gasteiger partial charge in [0.05, 0.1) is 6.26 Å². The third-order valence-electron chi connectivity index (χ3n) is 2.68. The second kappa shape index (κ2) is 5.48. The number of rotatable bonds is 3. The first kappa shape index (κ1) is 11.6. The summed E-state index contributed by atoms with van der Waals surface area (Å²) in [6, 6.07) is 3.46. The predicted molar refractivity (Wildman–Crippen MR) is 61.1 cm³/mol. The number of Topliss-reactive ketones (excluding diaryl/α,β-unsaturated/α-hetero) is 1. The highest BCUT2D eigenvalue weighted by atomic mass is 16.5. The molecule has 1 atom stereocenters. The fourth-order valence-corrected chi connectivity index (χ4v) is 1.79. The van der Waals surface area contributed by atoms with Crippen LogP contribution in [0.2, 0.25) is 0 Å². The first-order valence-electron chi connectivity index (χ1n) is 5.70. The molecule has 1 aliphatic carbocycles. The van der Waals surface area contributed by atoms with Crippen LogP contribution in [0.4, 0.5) is 0 Å².